The third kappa shape index (κ3) is 2.80. The van der Waals surface area contributed by atoms with E-state index in [0.717, 1.165) is 22.6 Å². The van der Waals surface area contributed by atoms with Crippen LogP contribution >= 0.6 is 11.8 Å². The summed E-state index contributed by atoms with van der Waals surface area (Å²) < 4.78 is 3.58. The van der Waals surface area contributed by atoms with Crippen molar-refractivity contribution in [1.29, 1.82) is 0 Å². The van der Waals surface area contributed by atoms with Crippen molar-refractivity contribution in [3.63, 3.8) is 0 Å². The van der Waals surface area contributed by atoms with Gasteiger partial charge in [0.05, 0.1) is 16.6 Å². The van der Waals surface area contributed by atoms with Gasteiger partial charge >= 0.3 is 0 Å². The Labute approximate surface area is 148 Å². The predicted molar refractivity (Wildman–Crippen MR) is 99.0 cm³/mol. The van der Waals surface area contributed by atoms with Gasteiger partial charge in [-0.15, -0.1) is 0 Å². The Morgan fingerprint density at radius 3 is 2.76 bits per heavy atom. The van der Waals surface area contributed by atoms with E-state index in [2.05, 4.69) is 15.0 Å². The molecule has 0 atom stereocenters. The molecule has 0 saturated carbocycles. The van der Waals surface area contributed by atoms with Gasteiger partial charge in [0.1, 0.15) is 0 Å². The average Bonchev–Trinajstić information content (AvgIpc) is 3.00. The third-order valence-electron chi connectivity index (χ3n) is 4.10. The second-order valence-corrected chi connectivity index (χ2v) is 6.95. The monoisotopic (exact) mass is 351 g/mol. The van der Waals surface area contributed by atoms with Crippen LogP contribution in [-0.4, -0.2) is 23.9 Å². The van der Waals surface area contributed by atoms with Gasteiger partial charge in [0.2, 0.25) is 5.78 Å². The molecule has 3 aromatic heterocycles. The number of fused-ring (bicyclic) bond motifs is 2. The smallest absolute Gasteiger partial charge is 0.261 e. The van der Waals surface area contributed by atoms with E-state index < -0.39 is 0 Å². The molecule has 4 rings (SSSR count). The summed E-state index contributed by atoms with van der Waals surface area (Å²) in [5, 5.41) is 1.32. The maximum absolute atomic E-state index is 12.5. The highest BCUT2D eigenvalue weighted by atomic mass is 32.2. The molecule has 126 valence electrons. The highest BCUT2D eigenvalue weighted by Crippen LogP contribution is 2.21. The molecular formula is C18H17N5OS. The van der Waals surface area contributed by atoms with Gasteiger partial charge in [-0.25, -0.2) is 15.0 Å². The molecule has 0 bridgehead atoms. The normalized spacial score (nSPS) is 11.5. The SMILES string of the molecule is Cc1cc(C)n2cc(CSc3nc4ccccc4c(=O)n3C)nc2n1. The Kier molecular flexibility index (Phi) is 3.80. The van der Waals surface area contributed by atoms with Crippen LogP contribution in [0.2, 0.25) is 0 Å². The van der Waals surface area contributed by atoms with E-state index in [9.17, 15) is 4.79 Å². The van der Waals surface area contributed by atoms with Crippen LogP contribution in [-0.2, 0) is 12.8 Å². The van der Waals surface area contributed by atoms with E-state index in [1.807, 2.05) is 48.7 Å². The largest absolute Gasteiger partial charge is 0.290 e. The molecule has 0 saturated heterocycles. The Bertz CT molecular complexity index is 1160. The van der Waals surface area contributed by atoms with Gasteiger partial charge in [-0.05, 0) is 32.0 Å². The summed E-state index contributed by atoms with van der Waals surface area (Å²) in [6.45, 7) is 4.00. The molecule has 0 amide bonds. The number of hydrogen-bond donors (Lipinski definition) is 0. The van der Waals surface area contributed by atoms with Crippen molar-refractivity contribution in [3.05, 3.63) is 64.0 Å². The molecule has 0 aliphatic carbocycles. The molecular weight excluding hydrogens is 334 g/mol. The average molecular weight is 351 g/mol. The van der Waals surface area contributed by atoms with E-state index in [1.54, 1.807) is 17.7 Å². The Balaban J connectivity index is 1.67. The quantitative estimate of drug-likeness (QED) is 0.419. The lowest BCUT2D eigenvalue weighted by atomic mass is 10.2. The Morgan fingerprint density at radius 2 is 1.92 bits per heavy atom. The van der Waals surface area contributed by atoms with Crippen LogP contribution in [0.5, 0.6) is 0 Å². The molecule has 6 nitrogen and oxygen atoms in total. The standard InChI is InChI=1S/C18H17N5OS/c1-11-8-12(2)23-9-13(20-17(23)19-11)10-25-18-21-15-7-5-4-6-14(15)16(24)22(18)3/h4-9H,10H2,1-3H3. The minimum Gasteiger partial charge on any atom is -0.290 e. The van der Waals surface area contributed by atoms with Crippen molar-refractivity contribution in [2.24, 2.45) is 7.05 Å². The lowest BCUT2D eigenvalue weighted by Gasteiger charge is -2.07. The second kappa shape index (κ2) is 6.00. The van der Waals surface area contributed by atoms with E-state index >= 15 is 0 Å². The molecule has 3 heterocycles. The van der Waals surface area contributed by atoms with Crippen LogP contribution in [0.4, 0.5) is 0 Å². The van der Waals surface area contributed by atoms with E-state index in [-0.39, 0.29) is 5.56 Å². The first-order chi connectivity index (χ1) is 12.0. The third-order valence-corrected chi connectivity index (χ3v) is 5.17. The molecule has 0 radical (unpaired) electrons. The number of hydrogen-bond acceptors (Lipinski definition) is 5. The molecule has 25 heavy (non-hydrogen) atoms. The van der Waals surface area contributed by atoms with Gasteiger partial charge in [-0.3, -0.25) is 13.8 Å². The number of benzene rings is 1. The molecule has 0 spiro atoms. The molecule has 0 fully saturated rings. The Hall–Kier alpha value is -2.67. The number of nitrogens with zero attached hydrogens (tertiary/aromatic N) is 5. The maximum Gasteiger partial charge on any atom is 0.261 e. The van der Waals surface area contributed by atoms with Gasteiger partial charge in [0.25, 0.3) is 5.56 Å². The zero-order valence-corrected chi connectivity index (χ0v) is 15.0. The summed E-state index contributed by atoms with van der Waals surface area (Å²) in [5.74, 6) is 1.33. The van der Waals surface area contributed by atoms with Crippen LogP contribution < -0.4 is 5.56 Å². The van der Waals surface area contributed by atoms with Crippen LogP contribution in [0.3, 0.4) is 0 Å². The van der Waals surface area contributed by atoms with Crippen molar-refractivity contribution in [3.8, 4) is 0 Å². The van der Waals surface area contributed by atoms with Crippen LogP contribution in [0.25, 0.3) is 16.7 Å². The first-order valence-electron chi connectivity index (χ1n) is 7.94. The van der Waals surface area contributed by atoms with E-state index in [4.69, 9.17) is 0 Å². The maximum atomic E-state index is 12.5. The lowest BCUT2D eigenvalue weighted by Crippen LogP contribution is -2.19. The lowest BCUT2D eigenvalue weighted by molar-refractivity contribution is 0.726. The Morgan fingerprint density at radius 1 is 1.12 bits per heavy atom. The summed E-state index contributed by atoms with van der Waals surface area (Å²) in [7, 11) is 1.75. The molecule has 7 heteroatoms. The van der Waals surface area contributed by atoms with Gasteiger partial charge in [-0.2, -0.15) is 0 Å². The predicted octanol–water partition coefficient (Wildman–Crippen LogP) is 2.89. The van der Waals surface area contributed by atoms with Crippen molar-refractivity contribution < 1.29 is 0 Å². The summed E-state index contributed by atoms with van der Waals surface area (Å²) in [4.78, 5) is 26.1. The summed E-state index contributed by atoms with van der Waals surface area (Å²) in [6.07, 6.45) is 1.99. The molecule has 4 aromatic rings. The summed E-state index contributed by atoms with van der Waals surface area (Å²) >= 11 is 1.50. The summed E-state index contributed by atoms with van der Waals surface area (Å²) in [5.41, 5.74) is 3.65. The van der Waals surface area contributed by atoms with Gasteiger partial charge in [-0.1, -0.05) is 23.9 Å². The van der Waals surface area contributed by atoms with E-state index in [1.165, 1.54) is 11.8 Å². The first-order valence-corrected chi connectivity index (χ1v) is 8.92. The van der Waals surface area contributed by atoms with Crippen molar-refractivity contribution in [2.45, 2.75) is 24.8 Å². The highest BCUT2D eigenvalue weighted by Gasteiger charge is 2.11. The first kappa shape index (κ1) is 15.8. The molecule has 0 aliphatic heterocycles. The van der Waals surface area contributed by atoms with Crippen molar-refractivity contribution >= 4 is 28.4 Å². The van der Waals surface area contributed by atoms with Gasteiger partial charge < -0.3 is 0 Å². The number of rotatable bonds is 3. The minimum atomic E-state index is -0.0313. The summed E-state index contributed by atoms with van der Waals surface area (Å²) in [6, 6.07) is 9.44. The fourth-order valence-corrected chi connectivity index (χ4v) is 3.71. The number of aryl methyl sites for hydroxylation is 2. The molecule has 1 aromatic carbocycles. The highest BCUT2D eigenvalue weighted by molar-refractivity contribution is 7.98. The fraction of sp³-hybridized carbons (Fsp3) is 0.222. The fourth-order valence-electron chi connectivity index (χ4n) is 2.85. The van der Waals surface area contributed by atoms with Crippen LogP contribution in [0.15, 0.2) is 46.5 Å². The minimum absolute atomic E-state index is 0.0313. The number of imidazole rings is 1. The molecule has 0 unspecified atom stereocenters. The van der Waals surface area contributed by atoms with Crippen molar-refractivity contribution in [1.82, 2.24) is 23.9 Å². The molecule has 0 aliphatic rings. The number of para-hydroxylation sites is 1. The van der Waals surface area contributed by atoms with Crippen molar-refractivity contribution in [2.75, 3.05) is 0 Å². The van der Waals surface area contributed by atoms with Crippen LogP contribution in [0, 0.1) is 13.8 Å². The van der Waals surface area contributed by atoms with Gasteiger partial charge in [0, 0.05) is 30.4 Å². The topological polar surface area (TPSA) is 65.1 Å². The zero-order chi connectivity index (χ0) is 17.6. The number of thioether (sulfide) groups is 1. The number of aromatic nitrogens is 5. The van der Waals surface area contributed by atoms with Crippen LogP contribution in [0.1, 0.15) is 17.1 Å². The molecule has 0 N–H and O–H groups in total. The van der Waals surface area contributed by atoms with E-state index in [0.29, 0.717) is 22.1 Å². The second-order valence-electron chi connectivity index (χ2n) is 6.01. The van der Waals surface area contributed by atoms with Gasteiger partial charge in [0.15, 0.2) is 5.16 Å². The zero-order valence-electron chi connectivity index (χ0n) is 14.2.